The van der Waals surface area contributed by atoms with E-state index in [1.165, 1.54) is 0 Å². The van der Waals surface area contributed by atoms with Crippen molar-refractivity contribution < 1.29 is 9.53 Å². The Kier molecular flexibility index (Phi) is 5.58. The first kappa shape index (κ1) is 15.7. The number of hydrogen-bond acceptors (Lipinski definition) is 5. The van der Waals surface area contributed by atoms with Crippen molar-refractivity contribution in [3.63, 3.8) is 0 Å². The van der Waals surface area contributed by atoms with Gasteiger partial charge >= 0.3 is 6.09 Å². The van der Waals surface area contributed by atoms with Crippen LogP contribution in [0, 0.1) is 11.3 Å². The average Bonchev–Trinajstić information content (AvgIpc) is 2.29. The highest BCUT2D eigenvalue weighted by atomic mass is 16.6. The largest absolute Gasteiger partial charge is 0.444 e. The number of nitrogens with one attached hydrogen (secondary N) is 1. The Bertz CT molecular complexity index is 338. The molecule has 0 saturated carbocycles. The van der Waals surface area contributed by atoms with Crippen LogP contribution in [0.15, 0.2) is 0 Å². The van der Waals surface area contributed by atoms with E-state index in [1.54, 1.807) is 0 Å². The third kappa shape index (κ3) is 5.90. The third-order valence-electron chi connectivity index (χ3n) is 2.97. The van der Waals surface area contributed by atoms with E-state index in [9.17, 15) is 10.1 Å². The van der Waals surface area contributed by atoms with Crippen LogP contribution in [0.25, 0.3) is 0 Å². The molecule has 19 heavy (non-hydrogen) atoms. The van der Waals surface area contributed by atoms with Crippen molar-refractivity contribution in [2.75, 3.05) is 39.8 Å². The number of carbonyl (C=O) groups is 1. The molecule has 1 aliphatic heterocycles. The first-order valence-corrected chi connectivity index (χ1v) is 6.61. The van der Waals surface area contributed by atoms with Gasteiger partial charge in [0.1, 0.15) is 11.6 Å². The molecule has 1 unspecified atom stereocenters. The Morgan fingerprint density at radius 1 is 1.37 bits per heavy atom. The number of piperazine rings is 1. The molecule has 1 heterocycles. The second-order valence-corrected chi connectivity index (χ2v) is 5.87. The van der Waals surface area contributed by atoms with Gasteiger partial charge in [-0.2, -0.15) is 5.26 Å². The average molecular weight is 268 g/mol. The minimum absolute atomic E-state index is 0.291. The van der Waals surface area contributed by atoms with Crippen LogP contribution in [-0.4, -0.2) is 67.3 Å². The molecule has 1 atom stereocenters. The minimum Gasteiger partial charge on any atom is -0.444 e. The molecular weight excluding hydrogens is 244 g/mol. The van der Waals surface area contributed by atoms with Crippen LogP contribution >= 0.6 is 0 Å². The predicted molar refractivity (Wildman–Crippen MR) is 72.7 cm³/mol. The number of nitriles is 1. The van der Waals surface area contributed by atoms with E-state index in [4.69, 9.17) is 4.74 Å². The third-order valence-corrected chi connectivity index (χ3v) is 2.97. The molecule has 1 amide bonds. The van der Waals surface area contributed by atoms with Gasteiger partial charge in [0, 0.05) is 32.7 Å². The maximum atomic E-state index is 11.5. The summed E-state index contributed by atoms with van der Waals surface area (Å²) < 4.78 is 5.15. The van der Waals surface area contributed by atoms with Crippen LogP contribution in [0.1, 0.15) is 20.8 Å². The van der Waals surface area contributed by atoms with Gasteiger partial charge < -0.3 is 15.0 Å². The molecule has 0 spiro atoms. The van der Waals surface area contributed by atoms with Crippen molar-refractivity contribution in [3.05, 3.63) is 0 Å². The maximum absolute atomic E-state index is 11.5. The summed E-state index contributed by atoms with van der Waals surface area (Å²) in [5.41, 5.74) is -0.514. The van der Waals surface area contributed by atoms with Crippen LogP contribution in [0.5, 0.6) is 0 Å². The molecule has 6 heteroatoms. The molecule has 6 nitrogen and oxygen atoms in total. The van der Waals surface area contributed by atoms with E-state index in [-0.39, 0.29) is 6.04 Å². The zero-order valence-corrected chi connectivity index (χ0v) is 12.3. The number of nitrogens with zero attached hydrogens (tertiary/aromatic N) is 3. The highest BCUT2D eigenvalue weighted by Crippen LogP contribution is 2.07. The first-order chi connectivity index (χ1) is 8.81. The molecular formula is C13H24N4O2. The quantitative estimate of drug-likeness (QED) is 0.814. The second kappa shape index (κ2) is 6.73. The Labute approximate surface area is 115 Å². The molecule has 1 rings (SSSR count). The lowest BCUT2D eigenvalue weighted by Gasteiger charge is -2.35. The molecule has 1 aliphatic rings. The molecule has 1 fully saturated rings. The smallest absolute Gasteiger partial charge is 0.407 e. The fourth-order valence-electron chi connectivity index (χ4n) is 1.88. The summed E-state index contributed by atoms with van der Waals surface area (Å²) in [5, 5.41) is 11.9. The Hall–Kier alpha value is -1.32. The molecule has 1 saturated heterocycles. The monoisotopic (exact) mass is 268 g/mol. The zero-order chi connectivity index (χ0) is 14.5. The van der Waals surface area contributed by atoms with Gasteiger partial charge in [-0.1, -0.05) is 0 Å². The van der Waals surface area contributed by atoms with Gasteiger partial charge in [0.2, 0.25) is 0 Å². The van der Waals surface area contributed by atoms with Crippen LogP contribution in [0.3, 0.4) is 0 Å². The van der Waals surface area contributed by atoms with E-state index in [0.29, 0.717) is 6.54 Å². The van der Waals surface area contributed by atoms with E-state index in [0.717, 1.165) is 26.2 Å². The van der Waals surface area contributed by atoms with Crippen LogP contribution in [0.2, 0.25) is 0 Å². The van der Waals surface area contributed by atoms with E-state index >= 15 is 0 Å². The Morgan fingerprint density at radius 3 is 2.42 bits per heavy atom. The highest BCUT2D eigenvalue weighted by Gasteiger charge is 2.23. The summed E-state index contributed by atoms with van der Waals surface area (Å²) in [4.78, 5) is 15.9. The van der Waals surface area contributed by atoms with Gasteiger partial charge in [0.25, 0.3) is 0 Å². The summed E-state index contributed by atoms with van der Waals surface area (Å²) in [6.45, 7) is 9.35. The lowest BCUT2D eigenvalue weighted by Crippen LogP contribution is -2.52. The van der Waals surface area contributed by atoms with Crippen LogP contribution in [-0.2, 0) is 4.74 Å². The predicted octanol–water partition coefficient (Wildman–Crippen LogP) is 0.651. The van der Waals surface area contributed by atoms with E-state index in [1.807, 2.05) is 20.8 Å². The van der Waals surface area contributed by atoms with Crippen molar-refractivity contribution in [1.29, 1.82) is 5.26 Å². The highest BCUT2D eigenvalue weighted by molar-refractivity contribution is 5.67. The Balaban J connectivity index is 2.37. The molecule has 0 aliphatic carbocycles. The van der Waals surface area contributed by atoms with Crippen LogP contribution < -0.4 is 5.32 Å². The Morgan fingerprint density at radius 2 is 1.95 bits per heavy atom. The molecule has 108 valence electrons. The lowest BCUT2D eigenvalue weighted by atomic mass is 10.2. The van der Waals surface area contributed by atoms with Crippen molar-refractivity contribution in [1.82, 2.24) is 15.1 Å². The molecule has 1 N–H and O–H groups in total. The van der Waals surface area contributed by atoms with Crippen molar-refractivity contribution in [2.45, 2.75) is 32.4 Å². The van der Waals surface area contributed by atoms with E-state index in [2.05, 4.69) is 28.2 Å². The van der Waals surface area contributed by atoms with Crippen LogP contribution in [0.4, 0.5) is 4.79 Å². The van der Waals surface area contributed by atoms with Gasteiger partial charge in [-0.15, -0.1) is 0 Å². The number of ether oxygens (including phenoxy) is 1. The zero-order valence-electron chi connectivity index (χ0n) is 12.3. The first-order valence-electron chi connectivity index (χ1n) is 6.61. The molecule has 0 bridgehead atoms. The van der Waals surface area contributed by atoms with Crippen molar-refractivity contribution in [3.8, 4) is 6.07 Å². The number of rotatable bonds is 3. The molecule has 0 aromatic carbocycles. The number of hydrogen-bond donors (Lipinski definition) is 1. The normalized spacial score (nSPS) is 19.5. The topological polar surface area (TPSA) is 68.6 Å². The molecule has 0 aromatic rings. The second-order valence-electron chi connectivity index (χ2n) is 5.87. The number of carbonyl (C=O) groups excluding carboxylic acids is 1. The number of likely N-dealkylation sites (N-methyl/N-ethyl adjacent to an activating group) is 1. The van der Waals surface area contributed by atoms with E-state index < -0.39 is 11.7 Å². The van der Waals surface area contributed by atoms with Gasteiger partial charge in [-0.05, 0) is 27.8 Å². The van der Waals surface area contributed by atoms with Crippen molar-refractivity contribution in [2.24, 2.45) is 0 Å². The number of alkyl carbamates (subject to hydrolysis) is 1. The van der Waals surface area contributed by atoms with Gasteiger partial charge in [0.15, 0.2) is 0 Å². The standard InChI is InChI=1S/C13H24N4O2/c1-13(2,3)19-12(18)15-10-11(9-14)17-7-5-16(4)6-8-17/h11H,5-8,10H2,1-4H3,(H,15,18). The molecule has 0 radical (unpaired) electrons. The fourth-order valence-corrected chi connectivity index (χ4v) is 1.88. The van der Waals surface area contributed by atoms with Gasteiger partial charge in [0.05, 0.1) is 6.07 Å². The minimum atomic E-state index is -0.514. The SMILES string of the molecule is CN1CCN(C(C#N)CNC(=O)OC(C)(C)C)CC1. The lowest BCUT2D eigenvalue weighted by molar-refractivity contribution is 0.0506. The van der Waals surface area contributed by atoms with Gasteiger partial charge in [-0.25, -0.2) is 4.79 Å². The summed E-state index contributed by atoms with van der Waals surface area (Å²) >= 11 is 0. The van der Waals surface area contributed by atoms with Gasteiger partial charge in [-0.3, -0.25) is 4.90 Å². The van der Waals surface area contributed by atoms with Crippen molar-refractivity contribution >= 4 is 6.09 Å². The summed E-state index contributed by atoms with van der Waals surface area (Å²) in [7, 11) is 2.07. The maximum Gasteiger partial charge on any atom is 0.407 e. The summed E-state index contributed by atoms with van der Waals surface area (Å²) in [6.07, 6.45) is -0.470. The fraction of sp³-hybridized carbons (Fsp3) is 0.846. The number of amides is 1. The summed E-state index contributed by atoms with van der Waals surface area (Å²) in [6, 6.07) is 1.95. The summed E-state index contributed by atoms with van der Waals surface area (Å²) in [5.74, 6) is 0. The molecule has 0 aromatic heterocycles.